The quantitative estimate of drug-likeness (QED) is 0.885. The molecule has 0 spiro atoms. The molecule has 0 heterocycles. The van der Waals surface area contributed by atoms with Crippen LogP contribution in [0, 0.1) is 11.3 Å². The second kappa shape index (κ2) is 7.74. The molecule has 3 heteroatoms. The van der Waals surface area contributed by atoms with Crippen molar-refractivity contribution in [1.82, 2.24) is 4.90 Å². The fourth-order valence-electron chi connectivity index (χ4n) is 2.55. The molecular weight excluding hydrogens is 272 g/mol. The molecule has 1 unspecified atom stereocenters. The van der Waals surface area contributed by atoms with Gasteiger partial charge < -0.3 is 5.11 Å². The van der Waals surface area contributed by atoms with Crippen molar-refractivity contribution in [1.29, 1.82) is 5.26 Å². The van der Waals surface area contributed by atoms with Crippen LogP contribution in [0.3, 0.4) is 0 Å². The number of aliphatic hydroxyl groups is 1. The summed E-state index contributed by atoms with van der Waals surface area (Å²) in [7, 11) is 0. The summed E-state index contributed by atoms with van der Waals surface area (Å²) < 4.78 is 0. The van der Waals surface area contributed by atoms with Crippen LogP contribution in [-0.2, 0) is 13.2 Å². The third kappa shape index (κ3) is 3.94. The molecule has 114 valence electrons. The predicted molar refractivity (Wildman–Crippen MR) is 88.0 cm³/mol. The molecule has 0 fully saturated rings. The first-order chi connectivity index (χ1) is 10.7. The van der Waals surface area contributed by atoms with Crippen LogP contribution in [0.1, 0.15) is 42.1 Å². The van der Waals surface area contributed by atoms with E-state index in [1.165, 1.54) is 11.1 Å². The van der Waals surface area contributed by atoms with Crippen LogP contribution in [0.2, 0.25) is 0 Å². The van der Waals surface area contributed by atoms with Gasteiger partial charge in [0.1, 0.15) is 0 Å². The first kappa shape index (κ1) is 16.2. The van der Waals surface area contributed by atoms with Crippen LogP contribution in [0.15, 0.2) is 48.5 Å². The molecule has 2 aromatic carbocycles. The van der Waals surface area contributed by atoms with E-state index in [-0.39, 0.29) is 12.6 Å². The lowest BCUT2D eigenvalue weighted by Crippen LogP contribution is -2.26. The monoisotopic (exact) mass is 294 g/mol. The largest absolute Gasteiger partial charge is 0.392 e. The van der Waals surface area contributed by atoms with Crippen LogP contribution in [0.25, 0.3) is 0 Å². The van der Waals surface area contributed by atoms with Crippen molar-refractivity contribution in [3.63, 3.8) is 0 Å². The molecule has 1 atom stereocenters. The van der Waals surface area contributed by atoms with Crippen molar-refractivity contribution in [3.05, 3.63) is 70.8 Å². The van der Waals surface area contributed by atoms with Gasteiger partial charge in [-0.2, -0.15) is 5.26 Å². The van der Waals surface area contributed by atoms with Gasteiger partial charge in [-0.3, -0.25) is 4.90 Å². The summed E-state index contributed by atoms with van der Waals surface area (Å²) in [6, 6.07) is 18.3. The van der Waals surface area contributed by atoms with Crippen molar-refractivity contribution < 1.29 is 5.11 Å². The summed E-state index contributed by atoms with van der Waals surface area (Å²) in [5, 5.41) is 18.0. The molecule has 3 nitrogen and oxygen atoms in total. The lowest BCUT2D eigenvalue weighted by molar-refractivity contribution is 0.213. The van der Waals surface area contributed by atoms with Crippen molar-refractivity contribution in [3.8, 4) is 6.07 Å². The maximum Gasteiger partial charge on any atom is 0.0991 e. The zero-order valence-electron chi connectivity index (χ0n) is 13.2. The van der Waals surface area contributed by atoms with Gasteiger partial charge in [0.25, 0.3) is 0 Å². The zero-order valence-corrected chi connectivity index (χ0v) is 13.2. The van der Waals surface area contributed by atoms with Gasteiger partial charge in [0.05, 0.1) is 18.2 Å². The van der Waals surface area contributed by atoms with Crippen LogP contribution in [0.5, 0.6) is 0 Å². The number of hydrogen-bond acceptors (Lipinski definition) is 3. The Bertz CT molecular complexity index is 626. The topological polar surface area (TPSA) is 47.3 Å². The molecule has 22 heavy (non-hydrogen) atoms. The molecule has 0 aliphatic rings. The van der Waals surface area contributed by atoms with E-state index in [4.69, 9.17) is 10.4 Å². The van der Waals surface area contributed by atoms with E-state index in [9.17, 15) is 0 Å². The normalized spacial score (nSPS) is 12.1. The van der Waals surface area contributed by atoms with Gasteiger partial charge in [0.2, 0.25) is 0 Å². The fourth-order valence-corrected chi connectivity index (χ4v) is 2.55. The van der Waals surface area contributed by atoms with E-state index in [0.29, 0.717) is 5.56 Å². The van der Waals surface area contributed by atoms with E-state index in [1.54, 1.807) is 0 Å². The summed E-state index contributed by atoms with van der Waals surface area (Å²) in [5.74, 6) is 0. The van der Waals surface area contributed by atoms with Crippen LogP contribution in [-0.4, -0.2) is 16.6 Å². The highest BCUT2D eigenvalue weighted by molar-refractivity contribution is 5.33. The fraction of sp³-hybridized carbons (Fsp3) is 0.316. The highest BCUT2D eigenvalue weighted by Crippen LogP contribution is 2.22. The molecule has 0 aliphatic carbocycles. The molecule has 2 aromatic rings. The number of rotatable bonds is 6. The van der Waals surface area contributed by atoms with Gasteiger partial charge in [-0.25, -0.2) is 0 Å². The minimum absolute atomic E-state index is 0.0828. The highest BCUT2D eigenvalue weighted by Gasteiger charge is 2.14. The Kier molecular flexibility index (Phi) is 5.71. The minimum Gasteiger partial charge on any atom is -0.392 e. The Hall–Kier alpha value is -2.15. The summed E-state index contributed by atoms with van der Waals surface area (Å²) in [6.07, 6.45) is 0. The maximum absolute atomic E-state index is 9.10. The van der Waals surface area contributed by atoms with Crippen LogP contribution >= 0.6 is 0 Å². The Morgan fingerprint density at radius 3 is 2.14 bits per heavy atom. The first-order valence-corrected chi connectivity index (χ1v) is 7.60. The van der Waals surface area contributed by atoms with E-state index in [1.807, 2.05) is 36.4 Å². The van der Waals surface area contributed by atoms with Crippen molar-refractivity contribution in [2.75, 3.05) is 6.54 Å². The van der Waals surface area contributed by atoms with Gasteiger partial charge in [-0.15, -0.1) is 0 Å². The molecular formula is C19H22N2O. The van der Waals surface area contributed by atoms with Crippen LogP contribution < -0.4 is 0 Å². The number of nitrogens with zero attached hydrogens (tertiary/aromatic N) is 2. The summed E-state index contributed by atoms with van der Waals surface area (Å²) in [6.45, 7) is 6.24. The summed E-state index contributed by atoms with van der Waals surface area (Å²) >= 11 is 0. The van der Waals surface area contributed by atoms with Gasteiger partial charge >= 0.3 is 0 Å². The average molecular weight is 294 g/mol. The standard InChI is InChI=1S/C19H22N2O/c1-3-21(13-17-4-6-18(14-22)7-5-17)15(2)19-10-8-16(12-20)9-11-19/h4-11,15,22H,3,13-14H2,1-2H3. The van der Waals surface area contributed by atoms with Gasteiger partial charge in [0, 0.05) is 12.6 Å². The Labute approximate surface area is 132 Å². The van der Waals surface area contributed by atoms with Crippen molar-refractivity contribution in [2.45, 2.75) is 33.0 Å². The lowest BCUT2D eigenvalue weighted by atomic mass is 10.0. The third-order valence-corrected chi connectivity index (χ3v) is 4.07. The molecule has 0 aromatic heterocycles. The molecule has 1 N–H and O–H groups in total. The molecule has 0 radical (unpaired) electrons. The number of nitriles is 1. The van der Waals surface area contributed by atoms with Gasteiger partial charge in [-0.1, -0.05) is 43.3 Å². The van der Waals surface area contributed by atoms with E-state index >= 15 is 0 Å². The smallest absolute Gasteiger partial charge is 0.0991 e. The third-order valence-electron chi connectivity index (χ3n) is 4.07. The van der Waals surface area contributed by atoms with Crippen molar-refractivity contribution >= 4 is 0 Å². The van der Waals surface area contributed by atoms with E-state index in [0.717, 1.165) is 18.7 Å². The Morgan fingerprint density at radius 2 is 1.64 bits per heavy atom. The number of aliphatic hydroxyl groups excluding tert-OH is 1. The van der Waals surface area contributed by atoms with E-state index < -0.39 is 0 Å². The Balaban J connectivity index is 2.10. The highest BCUT2D eigenvalue weighted by atomic mass is 16.3. The minimum atomic E-state index is 0.0828. The van der Waals surface area contributed by atoms with Crippen LogP contribution in [0.4, 0.5) is 0 Å². The summed E-state index contributed by atoms with van der Waals surface area (Å²) in [5.41, 5.74) is 4.08. The molecule has 0 saturated heterocycles. The number of benzene rings is 2. The molecule has 0 aliphatic heterocycles. The lowest BCUT2D eigenvalue weighted by Gasteiger charge is -2.28. The predicted octanol–water partition coefficient (Wildman–Crippen LogP) is 3.63. The second-order valence-electron chi connectivity index (χ2n) is 5.45. The zero-order chi connectivity index (χ0) is 15.9. The van der Waals surface area contributed by atoms with Gasteiger partial charge in [-0.05, 0) is 42.3 Å². The second-order valence-corrected chi connectivity index (χ2v) is 5.45. The molecule has 0 saturated carbocycles. The van der Waals surface area contributed by atoms with Gasteiger partial charge in [0.15, 0.2) is 0 Å². The van der Waals surface area contributed by atoms with Crippen molar-refractivity contribution in [2.24, 2.45) is 0 Å². The average Bonchev–Trinajstić information content (AvgIpc) is 2.59. The molecule has 0 amide bonds. The maximum atomic E-state index is 9.10. The SMILES string of the molecule is CCN(Cc1ccc(CO)cc1)C(C)c1ccc(C#N)cc1. The molecule has 0 bridgehead atoms. The summed E-state index contributed by atoms with van der Waals surface area (Å²) in [4.78, 5) is 2.38. The first-order valence-electron chi connectivity index (χ1n) is 7.60. The van der Waals surface area contributed by atoms with E-state index in [2.05, 4.69) is 36.9 Å². The Morgan fingerprint density at radius 1 is 1.05 bits per heavy atom. The number of hydrogen-bond donors (Lipinski definition) is 1. The molecule has 2 rings (SSSR count).